The number of nitrogens with zero attached hydrogens (tertiary/aromatic N) is 3. The maximum absolute atomic E-state index is 5.43. The Bertz CT molecular complexity index is 442. The van der Waals surface area contributed by atoms with Crippen molar-refractivity contribution < 1.29 is 9.47 Å². The topological polar surface area (TPSA) is 49.2 Å². The molecule has 0 aliphatic rings. The lowest BCUT2D eigenvalue weighted by Gasteiger charge is -2.06. The van der Waals surface area contributed by atoms with Gasteiger partial charge in [-0.15, -0.1) is 10.2 Å². The molecule has 0 amide bonds. The Hall–Kier alpha value is -1.72. The lowest BCUT2D eigenvalue weighted by Crippen LogP contribution is -2.06. The van der Waals surface area contributed by atoms with Crippen LogP contribution in [0.15, 0.2) is 36.7 Å². The predicted octanol–water partition coefficient (Wildman–Crippen LogP) is 1.43. The first-order valence-electron chi connectivity index (χ1n) is 5.43. The lowest BCUT2D eigenvalue weighted by atomic mass is 10.3. The molecular weight excluding hydrogens is 218 g/mol. The smallest absolute Gasteiger partial charge is 0.163 e. The molecule has 0 N–H and O–H groups in total. The maximum Gasteiger partial charge on any atom is 0.163 e. The second kappa shape index (κ2) is 6.12. The number of aromatic nitrogens is 3. The van der Waals surface area contributed by atoms with E-state index in [1.54, 1.807) is 13.4 Å². The Morgan fingerprint density at radius 2 is 2.00 bits per heavy atom. The fourth-order valence-electron chi connectivity index (χ4n) is 1.47. The van der Waals surface area contributed by atoms with Crippen molar-refractivity contribution in [3.63, 3.8) is 0 Å². The summed E-state index contributed by atoms with van der Waals surface area (Å²) in [6.07, 6.45) is 1.68. The van der Waals surface area contributed by atoms with Gasteiger partial charge in [-0.3, -0.25) is 4.57 Å². The Morgan fingerprint density at radius 3 is 2.76 bits per heavy atom. The summed E-state index contributed by atoms with van der Waals surface area (Å²) in [6.45, 7) is 1.57. The summed E-state index contributed by atoms with van der Waals surface area (Å²) in [5, 5.41) is 7.94. The van der Waals surface area contributed by atoms with E-state index in [9.17, 15) is 0 Å². The minimum atomic E-state index is 0.429. The SMILES string of the molecule is COCCOCc1nncn1-c1ccccc1. The molecule has 5 nitrogen and oxygen atoms in total. The van der Waals surface area contributed by atoms with E-state index in [1.165, 1.54) is 0 Å². The molecule has 2 aromatic rings. The van der Waals surface area contributed by atoms with Crippen LogP contribution >= 0.6 is 0 Å². The van der Waals surface area contributed by atoms with Crippen LogP contribution < -0.4 is 0 Å². The largest absolute Gasteiger partial charge is 0.382 e. The second-order valence-corrected chi connectivity index (χ2v) is 3.50. The molecule has 0 aliphatic carbocycles. The van der Waals surface area contributed by atoms with Crippen molar-refractivity contribution in [2.24, 2.45) is 0 Å². The summed E-state index contributed by atoms with van der Waals surface area (Å²) in [7, 11) is 1.65. The number of methoxy groups -OCH3 is 1. The van der Waals surface area contributed by atoms with Crippen molar-refractivity contribution in [3.8, 4) is 5.69 Å². The van der Waals surface area contributed by atoms with Crippen LogP contribution in [0, 0.1) is 0 Å². The van der Waals surface area contributed by atoms with Gasteiger partial charge in [-0.1, -0.05) is 18.2 Å². The summed E-state index contributed by atoms with van der Waals surface area (Å²) >= 11 is 0. The zero-order valence-electron chi connectivity index (χ0n) is 9.74. The van der Waals surface area contributed by atoms with Gasteiger partial charge in [0.05, 0.1) is 13.2 Å². The number of rotatable bonds is 6. The molecule has 0 aliphatic heterocycles. The highest BCUT2D eigenvalue weighted by Gasteiger charge is 2.05. The molecule has 1 heterocycles. The molecule has 0 saturated heterocycles. The van der Waals surface area contributed by atoms with Gasteiger partial charge in [0.1, 0.15) is 12.9 Å². The molecule has 1 aromatic heterocycles. The normalized spacial score (nSPS) is 10.6. The molecule has 0 radical (unpaired) electrons. The molecule has 5 heteroatoms. The Kier molecular flexibility index (Phi) is 4.23. The fourth-order valence-corrected chi connectivity index (χ4v) is 1.47. The lowest BCUT2D eigenvalue weighted by molar-refractivity contribution is 0.0580. The quantitative estimate of drug-likeness (QED) is 0.708. The first-order chi connectivity index (χ1) is 8.42. The number of hydrogen-bond donors (Lipinski definition) is 0. The highest BCUT2D eigenvalue weighted by atomic mass is 16.5. The zero-order valence-corrected chi connectivity index (χ0v) is 9.74. The van der Waals surface area contributed by atoms with E-state index in [0.717, 1.165) is 11.5 Å². The number of benzene rings is 1. The van der Waals surface area contributed by atoms with Crippen LogP contribution in [-0.4, -0.2) is 35.1 Å². The average molecular weight is 233 g/mol. The van der Waals surface area contributed by atoms with Crippen molar-refractivity contribution >= 4 is 0 Å². The number of ether oxygens (including phenoxy) is 2. The summed E-state index contributed by atoms with van der Waals surface area (Å²) in [5.74, 6) is 0.785. The fraction of sp³-hybridized carbons (Fsp3) is 0.333. The van der Waals surface area contributed by atoms with Gasteiger partial charge in [-0.25, -0.2) is 0 Å². The van der Waals surface area contributed by atoms with E-state index in [-0.39, 0.29) is 0 Å². The van der Waals surface area contributed by atoms with E-state index in [4.69, 9.17) is 9.47 Å². The van der Waals surface area contributed by atoms with E-state index >= 15 is 0 Å². The minimum absolute atomic E-state index is 0.429. The molecule has 1 aromatic carbocycles. The Morgan fingerprint density at radius 1 is 1.18 bits per heavy atom. The molecule has 2 rings (SSSR count). The molecule has 90 valence electrons. The first kappa shape index (κ1) is 11.8. The summed E-state index contributed by atoms with van der Waals surface area (Å²) in [5.41, 5.74) is 1.03. The van der Waals surface area contributed by atoms with Gasteiger partial charge < -0.3 is 9.47 Å². The van der Waals surface area contributed by atoms with Crippen molar-refractivity contribution in [3.05, 3.63) is 42.5 Å². The highest BCUT2D eigenvalue weighted by molar-refractivity contribution is 5.31. The third kappa shape index (κ3) is 3.12. The molecule has 0 saturated carbocycles. The zero-order chi connectivity index (χ0) is 11.9. The van der Waals surface area contributed by atoms with Crippen LogP contribution in [0.4, 0.5) is 0 Å². The van der Waals surface area contributed by atoms with E-state index in [0.29, 0.717) is 19.8 Å². The molecular formula is C12H15N3O2. The molecule has 0 spiro atoms. The van der Waals surface area contributed by atoms with Crippen molar-refractivity contribution in [2.45, 2.75) is 6.61 Å². The van der Waals surface area contributed by atoms with Gasteiger partial charge in [0, 0.05) is 12.8 Å². The maximum atomic E-state index is 5.43. The number of para-hydroxylation sites is 1. The predicted molar refractivity (Wildman–Crippen MR) is 62.9 cm³/mol. The average Bonchev–Trinajstić information content (AvgIpc) is 2.84. The van der Waals surface area contributed by atoms with E-state index in [1.807, 2.05) is 34.9 Å². The van der Waals surface area contributed by atoms with Crippen LogP contribution in [0.25, 0.3) is 5.69 Å². The van der Waals surface area contributed by atoms with E-state index < -0.39 is 0 Å². The number of hydrogen-bond acceptors (Lipinski definition) is 4. The minimum Gasteiger partial charge on any atom is -0.382 e. The summed E-state index contributed by atoms with van der Waals surface area (Å²) in [4.78, 5) is 0. The van der Waals surface area contributed by atoms with Gasteiger partial charge in [-0.2, -0.15) is 0 Å². The van der Waals surface area contributed by atoms with Gasteiger partial charge in [0.15, 0.2) is 5.82 Å². The Labute approximate surface area is 100 Å². The van der Waals surface area contributed by atoms with Gasteiger partial charge in [-0.05, 0) is 12.1 Å². The molecule has 0 unspecified atom stereocenters. The van der Waals surface area contributed by atoms with Crippen molar-refractivity contribution in [1.29, 1.82) is 0 Å². The third-order valence-corrected chi connectivity index (χ3v) is 2.32. The molecule has 17 heavy (non-hydrogen) atoms. The van der Waals surface area contributed by atoms with E-state index in [2.05, 4.69) is 10.2 Å². The molecule has 0 atom stereocenters. The van der Waals surface area contributed by atoms with Crippen molar-refractivity contribution in [1.82, 2.24) is 14.8 Å². The van der Waals surface area contributed by atoms with Crippen LogP contribution in [-0.2, 0) is 16.1 Å². The van der Waals surface area contributed by atoms with Crippen LogP contribution in [0.3, 0.4) is 0 Å². The summed E-state index contributed by atoms with van der Waals surface area (Å²) < 4.78 is 12.3. The Balaban J connectivity index is 2.02. The highest BCUT2D eigenvalue weighted by Crippen LogP contribution is 2.09. The van der Waals surface area contributed by atoms with Gasteiger partial charge in [0.2, 0.25) is 0 Å². The first-order valence-corrected chi connectivity index (χ1v) is 5.43. The van der Waals surface area contributed by atoms with Crippen LogP contribution in [0.2, 0.25) is 0 Å². The van der Waals surface area contributed by atoms with Gasteiger partial charge in [0.25, 0.3) is 0 Å². The van der Waals surface area contributed by atoms with Crippen LogP contribution in [0.5, 0.6) is 0 Å². The summed E-state index contributed by atoms with van der Waals surface area (Å²) in [6, 6.07) is 9.93. The van der Waals surface area contributed by atoms with Gasteiger partial charge >= 0.3 is 0 Å². The standard InChI is InChI=1S/C12H15N3O2/c1-16-7-8-17-9-12-14-13-10-15(12)11-5-3-2-4-6-11/h2-6,10H,7-9H2,1H3. The second-order valence-electron chi connectivity index (χ2n) is 3.50. The van der Waals surface area contributed by atoms with Crippen molar-refractivity contribution in [2.75, 3.05) is 20.3 Å². The third-order valence-electron chi connectivity index (χ3n) is 2.32. The van der Waals surface area contributed by atoms with Crippen LogP contribution in [0.1, 0.15) is 5.82 Å². The molecule has 0 bridgehead atoms. The molecule has 0 fully saturated rings. The monoisotopic (exact) mass is 233 g/mol.